The highest BCUT2D eigenvalue weighted by atomic mass is 35.5. The van der Waals surface area contributed by atoms with E-state index in [1.165, 1.54) is 6.07 Å². The van der Waals surface area contributed by atoms with Gasteiger partial charge < -0.3 is 25.2 Å². The van der Waals surface area contributed by atoms with Crippen molar-refractivity contribution in [1.82, 2.24) is 10.6 Å². The van der Waals surface area contributed by atoms with E-state index in [4.69, 9.17) is 26.2 Å². The average Bonchev–Trinajstić information content (AvgIpc) is 2.67. The van der Waals surface area contributed by atoms with E-state index in [0.717, 1.165) is 25.1 Å². The van der Waals surface area contributed by atoms with Crippen LogP contribution in [0.2, 0.25) is 5.02 Å². The molecule has 0 radical (unpaired) electrons. The first-order valence-corrected chi connectivity index (χ1v) is 9.28. The molecular weight excluding hydrogens is 442 g/mol. The van der Waals surface area contributed by atoms with Crippen molar-refractivity contribution < 1.29 is 19.0 Å². The molecule has 2 rings (SSSR count). The van der Waals surface area contributed by atoms with E-state index in [9.17, 15) is 4.39 Å². The Hall–Kier alpha value is -1.28. The molecule has 2 aromatic rings. The fourth-order valence-corrected chi connectivity index (χ4v) is 2.84. The summed E-state index contributed by atoms with van der Waals surface area (Å²) in [6.45, 7) is 3.16. The number of ether oxygens (including phenoxy) is 2. The van der Waals surface area contributed by atoms with Gasteiger partial charge in [-0.25, -0.2) is 4.39 Å². The SMILES string of the molecule is COc1cc(CNCCCNCCO)cc(Cl)c1OCc1ccccc1F.Cl.Cl. The van der Waals surface area contributed by atoms with Crippen LogP contribution in [0.5, 0.6) is 11.5 Å². The number of rotatable bonds is 12. The molecule has 29 heavy (non-hydrogen) atoms. The van der Waals surface area contributed by atoms with Gasteiger partial charge in [-0.2, -0.15) is 0 Å². The third kappa shape index (κ3) is 9.38. The first-order chi connectivity index (χ1) is 13.2. The van der Waals surface area contributed by atoms with Gasteiger partial charge in [0.1, 0.15) is 12.4 Å². The maximum atomic E-state index is 13.7. The molecule has 0 atom stereocenters. The van der Waals surface area contributed by atoms with Crippen LogP contribution in [0, 0.1) is 5.82 Å². The Morgan fingerprint density at radius 1 is 1.07 bits per heavy atom. The Morgan fingerprint density at radius 3 is 2.48 bits per heavy atom. The van der Waals surface area contributed by atoms with E-state index in [1.807, 2.05) is 12.1 Å². The van der Waals surface area contributed by atoms with E-state index in [2.05, 4.69) is 10.6 Å². The normalized spacial score (nSPS) is 10.1. The van der Waals surface area contributed by atoms with Crippen LogP contribution in [0.3, 0.4) is 0 Å². The van der Waals surface area contributed by atoms with E-state index < -0.39 is 0 Å². The molecule has 0 aliphatic heterocycles. The minimum atomic E-state index is -0.318. The van der Waals surface area contributed by atoms with E-state index in [1.54, 1.807) is 25.3 Å². The van der Waals surface area contributed by atoms with Gasteiger partial charge in [-0.1, -0.05) is 29.8 Å². The summed E-state index contributed by atoms with van der Waals surface area (Å²) in [7, 11) is 1.55. The standard InChI is InChI=1S/C20H26ClFN2O3.2ClH/c1-26-19-12-15(13-24-8-4-7-23-9-10-25)11-17(21)20(19)27-14-16-5-2-3-6-18(16)22;;/h2-3,5-6,11-12,23-25H,4,7-10,13-14H2,1H3;2*1H. The number of nitrogens with one attached hydrogen (secondary N) is 2. The lowest BCUT2D eigenvalue weighted by atomic mass is 10.2. The second-order valence-corrected chi connectivity index (χ2v) is 6.40. The number of benzene rings is 2. The van der Waals surface area contributed by atoms with Gasteiger partial charge >= 0.3 is 0 Å². The van der Waals surface area contributed by atoms with Crippen LogP contribution < -0.4 is 20.1 Å². The smallest absolute Gasteiger partial charge is 0.180 e. The van der Waals surface area contributed by atoms with Crippen molar-refractivity contribution in [3.63, 3.8) is 0 Å². The highest BCUT2D eigenvalue weighted by Crippen LogP contribution is 2.37. The lowest BCUT2D eigenvalue weighted by Gasteiger charge is -2.15. The quantitative estimate of drug-likeness (QED) is 0.411. The number of hydrogen-bond acceptors (Lipinski definition) is 5. The monoisotopic (exact) mass is 468 g/mol. The maximum absolute atomic E-state index is 13.7. The van der Waals surface area contributed by atoms with E-state index >= 15 is 0 Å². The van der Waals surface area contributed by atoms with Crippen molar-refractivity contribution >= 4 is 36.4 Å². The summed E-state index contributed by atoms with van der Waals surface area (Å²) in [5.41, 5.74) is 1.43. The first-order valence-electron chi connectivity index (χ1n) is 8.90. The number of aliphatic hydroxyl groups is 1. The summed E-state index contributed by atoms with van der Waals surface area (Å²) < 4.78 is 24.8. The molecule has 0 fully saturated rings. The van der Waals surface area contributed by atoms with Crippen molar-refractivity contribution in [3.05, 3.63) is 58.4 Å². The molecule has 0 aliphatic rings. The second kappa shape index (κ2) is 15.5. The van der Waals surface area contributed by atoms with E-state index in [-0.39, 0.29) is 43.8 Å². The molecular formula is C20H28Cl3FN2O3. The number of halogens is 4. The molecule has 3 N–H and O–H groups in total. The summed E-state index contributed by atoms with van der Waals surface area (Å²) in [5.74, 6) is 0.599. The van der Waals surface area contributed by atoms with Gasteiger partial charge in [0.15, 0.2) is 11.5 Å². The molecule has 2 aromatic carbocycles. The van der Waals surface area contributed by atoms with Crippen LogP contribution in [0.25, 0.3) is 0 Å². The van der Waals surface area contributed by atoms with Crippen molar-refractivity contribution in [2.75, 3.05) is 33.4 Å². The van der Waals surface area contributed by atoms with Crippen LogP contribution in [-0.2, 0) is 13.2 Å². The lowest BCUT2D eigenvalue weighted by molar-refractivity contribution is 0.279. The Balaban J connectivity index is 0.00000392. The lowest BCUT2D eigenvalue weighted by Crippen LogP contribution is -2.23. The highest BCUT2D eigenvalue weighted by Gasteiger charge is 2.13. The van der Waals surface area contributed by atoms with Crippen molar-refractivity contribution in [2.24, 2.45) is 0 Å². The molecule has 0 saturated heterocycles. The second-order valence-electron chi connectivity index (χ2n) is 5.99. The molecule has 0 bridgehead atoms. The zero-order chi connectivity index (χ0) is 19.5. The molecule has 0 amide bonds. The molecule has 164 valence electrons. The van der Waals surface area contributed by atoms with Crippen LogP contribution in [0.4, 0.5) is 4.39 Å². The topological polar surface area (TPSA) is 62.8 Å². The third-order valence-electron chi connectivity index (χ3n) is 3.94. The summed E-state index contributed by atoms with van der Waals surface area (Å²) >= 11 is 6.36. The number of hydrogen-bond donors (Lipinski definition) is 3. The van der Waals surface area contributed by atoms with Gasteiger partial charge in [0.2, 0.25) is 0 Å². The molecule has 0 aromatic heterocycles. The fraction of sp³-hybridized carbons (Fsp3) is 0.400. The van der Waals surface area contributed by atoms with Gasteiger partial charge in [0.05, 0.1) is 18.7 Å². The molecule has 0 saturated carbocycles. The van der Waals surface area contributed by atoms with Crippen molar-refractivity contribution in [1.29, 1.82) is 0 Å². The number of aliphatic hydroxyl groups excluding tert-OH is 1. The van der Waals surface area contributed by atoms with Gasteiger partial charge in [-0.3, -0.25) is 0 Å². The molecule has 0 spiro atoms. The maximum Gasteiger partial charge on any atom is 0.180 e. The largest absolute Gasteiger partial charge is 0.493 e. The Labute approximate surface area is 188 Å². The number of methoxy groups -OCH3 is 1. The zero-order valence-corrected chi connectivity index (χ0v) is 18.6. The molecule has 0 aliphatic carbocycles. The molecule has 5 nitrogen and oxygen atoms in total. The Bertz CT molecular complexity index is 723. The highest BCUT2D eigenvalue weighted by molar-refractivity contribution is 6.32. The molecule has 0 unspecified atom stereocenters. The van der Waals surface area contributed by atoms with Gasteiger partial charge in [0, 0.05) is 18.7 Å². The van der Waals surface area contributed by atoms with Gasteiger partial charge in [0.25, 0.3) is 0 Å². The van der Waals surface area contributed by atoms with Crippen LogP contribution in [0.15, 0.2) is 36.4 Å². The van der Waals surface area contributed by atoms with Crippen LogP contribution in [-0.4, -0.2) is 38.5 Å². The summed E-state index contributed by atoms with van der Waals surface area (Å²) in [4.78, 5) is 0. The molecule has 0 heterocycles. The summed E-state index contributed by atoms with van der Waals surface area (Å²) in [6.07, 6.45) is 0.953. The predicted octanol–water partition coefficient (Wildman–Crippen LogP) is 3.97. The minimum absolute atomic E-state index is 0. The third-order valence-corrected chi connectivity index (χ3v) is 4.22. The average molecular weight is 470 g/mol. The Kier molecular flexibility index (Phi) is 14.9. The zero-order valence-electron chi connectivity index (χ0n) is 16.2. The van der Waals surface area contributed by atoms with Crippen molar-refractivity contribution in [2.45, 2.75) is 19.6 Å². The van der Waals surface area contributed by atoms with Gasteiger partial charge in [-0.05, 0) is 43.3 Å². The molecule has 9 heteroatoms. The summed E-state index contributed by atoms with van der Waals surface area (Å²) in [5, 5.41) is 15.6. The Morgan fingerprint density at radius 2 is 1.79 bits per heavy atom. The van der Waals surface area contributed by atoms with Gasteiger partial charge in [-0.15, -0.1) is 24.8 Å². The van der Waals surface area contributed by atoms with Crippen LogP contribution in [0.1, 0.15) is 17.5 Å². The minimum Gasteiger partial charge on any atom is -0.493 e. The van der Waals surface area contributed by atoms with E-state index in [0.29, 0.717) is 35.2 Å². The summed E-state index contributed by atoms with van der Waals surface area (Å²) in [6, 6.07) is 10.1. The predicted molar refractivity (Wildman–Crippen MR) is 120 cm³/mol. The fourth-order valence-electron chi connectivity index (χ4n) is 2.56. The van der Waals surface area contributed by atoms with Crippen LogP contribution >= 0.6 is 36.4 Å². The van der Waals surface area contributed by atoms with Crippen molar-refractivity contribution in [3.8, 4) is 11.5 Å². The first kappa shape index (κ1) is 27.7.